The Balaban J connectivity index is 2.17. The van der Waals surface area contributed by atoms with E-state index in [1.54, 1.807) is 0 Å². The maximum absolute atomic E-state index is 12.5. The Morgan fingerprint density at radius 2 is 1.96 bits per heavy atom. The van der Waals surface area contributed by atoms with Gasteiger partial charge in [-0.3, -0.25) is 4.79 Å². The standard InChI is InChI=1S/C18H24N2O3/c1-12-5-7-13(8-6-12)16-15(19-11-23-16)17(22)20-14(10-21)9-18(2,3)4/h5-8,11,14,21H,9-10H2,1-4H3,(H,20,22). The van der Waals surface area contributed by atoms with Crippen molar-refractivity contribution in [3.05, 3.63) is 41.9 Å². The summed E-state index contributed by atoms with van der Waals surface area (Å²) in [6.45, 7) is 8.08. The summed E-state index contributed by atoms with van der Waals surface area (Å²) >= 11 is 0. The van der Waals surface area contributed by atoms with Gasteiger partial charge in [-0.1, -0.05) is 50.6 Å². The average molecular weight is 316 g/mol. The molecule has 2 N–H and O–H groups in total. The summed E-state index contributed by atoms with van der Waals surface area (Å²) < 4.78 is 5.39. The number of carbonyl (C=O) groups excluding carboxylic acids is 1. The van der Waals surface area contributed by atoms with Crippen molar-refractivity contribution in [1.29, 1.82) is 0 Å². The van der Waals surface area contributed by atoms with E-state index in [2.05, 4.69) is 31.1 Å². The zero-order valence-electron chi connectivity index (χ0n) is 14.1. The summed E-state index contributed by atoms with van der Waals surface area (Å²) in [6, 6.07) is 7.38. The largest absolute Gasteiger partial charge is 0.443 e. The zero-order chi connectivity index (χ0) is 17.0. The maximum atomic E-state index is 12.5. The first-order valence-corrected chi connectivity index (χ1v) is 7.72. The molecule has 2 rings (SSSR count). The van der Waals surface area contributed by atoms with Crippen molar-refractivity contribution in [3.63, 3.8) is 0 Å². The molecule has 1 amide bonds. The van der Waals surface area contributed by atoms with Crippen LogP contribution in [0.3, 0.4) is 0 Å². The highest BCUT2D eigenvalue weighted by atomic mass is 16.3. The molecule has 0 aliphatic carbocycles. The lowest BCUT2D eigenvalue weighted by molar-refractivity contribution is 0.0893. The van der Waals surface area contributed by atoms with Crippen LogP contribution in [-0.4, -0.2) is 28.6 Å². The first-order chi connectivity index (χ1) is 10.8. The number of hydrogen-bond acceptors (Lipinski definition) is 4. The molecule has 0 saturated carbocycles. The van der Waals surface area contributed by atoms with Gasteiger partial charge in [0, 0.05) is 5.56 Å². The first kappa shape index (κ1) is 17.2. The lowest BCUT2D eigenvalue weighted by Crippen LogP contribution is -2.40. The summed E-state index contributed by atoms with van der Waals surface area (Å²) in [7, 11) is 0. The van der Waals surface area contributed by atoms with Crippen LogP contribution in [0.15, 0.2) is 35.1 Å². The molecular formula is C18H24N2O3. The minimum atomic E-state index is -0.336. The summed E-state index contributed by atoms with van der Waals surface area (Å²) in [6.07, 6.45) is 1.94. The fourth-order valence-corrected chi connectivity index (χ4v) is 2.47. The van der Waals surface area contributed by atoms with Gasteiger partial charge in [-0.2, -0.15) is 0 Å². The number of carbonyl (C=O) groups is 1. The van der Waals surface area contributed by atoms with Crippen LogP contribution in [-0.2, 0) is 0 Å². The lowest BCUT2D eigenvalue weighted by Gasteiger charge is -2.25. The number of hydrogen-bond donors (Lipinski definition) is 2. The van der Waals surface area contributed by atoms with Crippen LogP contribution in [0.2, 0.25) is 0 Å². The Morgan fingerprint density at radius 3 is 2.52 bits per heavy atom. The van der Waals surface area contributed by atoms with Crippen molar-refractivity contribution in [2.45, 2.75) is 40.2 Å². The average Bonchev–Trinajstić information content (AvgIpc) is 2.95. The van der Waals surface area contributed by atoms with Gasteiger partial charge in [0.15, 0.2) is 17.8 Å². The Labute approximate surface area is 136 Å². The Bertz CT molecular complexity index is 654. The van der Waals surface area contributed by atoms with Crippen molar-refractivity contribution in [2.75, 3.05) is 6.61 Å². The van der Waals surface area contributed by atoms with E-state index in [0.29, 0.717) is 12.2 Å². The van der Waals surface area contributed by atoms with E-state index in [1.807, 2.05) is 31.2 Å². The van der Waals surface area contributed by atoms with Gasteiger partial charge in [-0.15, -0.1) is 0 Å². The smallest absolute Gasteiger partial charge is 0.274 e. The van der Waals surface area contributed by atoms with Gasteiger partial charge in [-0.25, -0.2) is 4.98 Å². The quantitative estimate of drug-likeness (QED) is 0.888. The van der Waals surface area contributed by atoms with E-state index in [4.69, 9.17) is 4.42 Å². The van der Waals surface area contributed by atoms with E-state index < -0.39 is 0 Å². The number of aliphatic hydroxyl groups is 1. The molecule has 124 valence electrons. The molecule has 1 unspecified atom stereocenters. The third-order valence-electron chi connectivity index (χ3n) is 3.51. The van der Waals surface area contributed by atoms with E-state index in [1.165, 1.54) is 6.39 Å². The van der Waals surface area contributed by atoms with Crippen molar-refractivity contribution in [3.8, 4) is 11.3 Å². The number of amides is 1. The number of nitrogens with one attached hydrogen (secondary N) is 1. The highest BCUT2D eigenvalue weighted by Crippen LogP contribution is 2.24. The number of oxazole rings is 1. The molecule has 0 saturated heterocycles. The molecule has 5 nitrogen and oxygen atoms in total. The van der Waals surface area contributed by atoms with Crippen LogP contribution in [0.1, 0.15) is 43.2 Å². The molecule has 0 bridgehead atoms. The molecule has 2 aromatic rings. The van der Waals surface area contributed by atoms with Crippen molar-refractivity contribution < 1.29 is 14.3 Å². The molecule has 0 fully saturated rings. The summed E-state index contributed by atoms with van der Waals surface area (Å²) in [4.78, 5) is 16.5. The molecule has 1 atom stereocenters. The molecule has 23 heavy (non-hydrogen) atoms. The Morgan fingerprint density at radius 1 is 1.30 bits per heavy atom. The van der Waals surface area contributed by atoms with Gasteiger partial charge in [0.2, 0.25) is 0 Å². The van der Waals surface area contributed by atoms with Gasteiger partial charge in [0.1, 0.15) is 0 Å². The number of aromatic nitrogens is 1. The molecule has 5 heteroatoms. The fraction of sp³-hybridized carbons (Fsp3) is 0.444. The second kappa shape index (κ2) is 6.96. The summed E-state index contributed by atoms with van der Waals surface area (Å²) in [5.74, 6) is 0.104. The summed E-state index contributed by atoms with van der Waals surface area (Å²) in [5, 5.41) is 12.3. The molecule has 0 aliphatic rings. The highest BCUT2D eigenvalue weighted by Gasteiger charge is 2.24. The van der Waals surface area contributed by atoms with E-state index in [-0.39, 0.29) is 29.7 Å². The van der Waals surface area contributed by atoms with E-state index in [0.717, 1.165) is 11.1 Å². The number of aliphatic hydroxyl groups excluding tert-OH is 1. The van der Waals surface area contributed by atoms with Gasteiger partial charge in [-0.05, 0) is 18.8 Å². The maximum Gasteiger partial charge on any atom is 0.274 e. The van der Waals surface area contributed by atoms with Crippen LogP contribution >= 0.6 is 0 Å². The van der Waals surface area contributed by atoms with Gasteiger partial charge >= 0.3 is 0 Å². The Kier molecular flexibility index (Phi) is 5.21. The fourth-order valence-electron chi connectivity index (χ4n) is 2.47. The lowest BCUT2D eigenvalue weighted by atomic mass is 9.88. The number of benzene rings is 1. The summed E-state index contributed by atoms with van der Waals surface area (Å²) in [5.41, 5.74) is 2.17. The van der Waals surface area contributed by atoms with Crippen molar-refractivity contribution in [1.82, 2.24) is 10.3 Å². The second-order valence-electron chi connectivity index (χ2n) is 7.01. The van der Waals surface area contributed by atoms with Crippen molar-refractivity contribution in [2.24, 2.45) is 5.41 Å². The van der Waals surface area contributed by atoms with Gasteiger partial charge in [0.25, 0.3) is 5.91 Å². The van der Waals surface area contributed by atoms with Crippen LogP contribution in [0.25, 0.3) is 11.3 Å². The normalized spacial score (nSPS) is 12.9. The zero-order valence-corrected chi connectivity index (χ0v) is 14.1. The molecule has 1 aromatic heterocycles. The van der Waals surface area contributed by atoms with E-state index >= 15 is 0 Å². The molecular weight excluding hydrogens is 292 g/mol. The SMILES string of the molecule is Cc1ccc(-c2ocnc2C(=O)NC(CO)CC(C)(C)C)cc1. The monoisotopic (exact) mass is 316 g/mol. The minimum Gasteiger partial charge on any atom is -0.443 e. The molecule has 0 aliphatic heterocycles. The van der Waals surface area contributed by atoms with Crippen LogP contribution in [0, 0.1) is 12.3 Å². The predicted molar refractivity (Wildman–Crippen MR) is 89.1 cm³/mol. The van der Waals surface area contributed by atoms with E-state index in [9.17, 15) is 9.90 Å². The number of nitrogens with zero attached hydrogens (tertiary/aromatic N) is 1. The number of rotatable bonds is 5. The third kappa shape index (κ3) is 4.66. The number of aryl methyl sites for hydroxylation is 1. The van der Waals surface area contributed by atoms with Crippen LogP contribution < -0.4 is 5.32 Å². The topological polar surface area (TPSA) is 75.4 Å². The van der Waals surface area contributed by atoms with Crippen molar-refractivity contribution >= 4 is 5.91 Å². The third-order valence-corrected chi connectivity index (χ3v) is 3.51. The van der Waals surface area contributed by atoms with Gasteiger partial charge < -0.3 is 14.8 Å². The highest BCUT2D eigenvalue weighted by molar-refractivity contribution is 5.97. The first-order valence-electron chi connectivity index (χ1n) is 7.72. The molecule has 0 spiro atoms. The van der Waals surface area contributed by atoms with Crippen LogP contribution in [0.4, 0.5) is 0 Å². The Hall–Kier alpha value is -2.14. The second-order valence-corrected chi connectivity index (χ2v) is 7.01. The minimum absolute atomic E-state index is 0.00425. The molecule has 0 radical (unpaired) electrons. The molecule has 1 heterocycles. The van der Waals surface area contributed by atoms with Crippen LogP contribution in [0.5, 0.6) is 0 Å². The molecule has 1 aromatic carbocycles. The van der Waals surface area contributed by atoms with Gasteiger partial charge in [0.05, 0.1) is 12.6 Å². The predicted octanol–water partition coefficient (Wildman–Crippen LogP) is 3.18.